The van der Waals surface area contributed by atoms with Crippen LogP contribution in [-0.4, -0.2) is 35.2 Å². The lowest BCUT2D eigenvalue weighted by atomic mass is 10.1. The largest absolute Gasteiger partial charge is 0.385 e. The Kier molecular flexibility index (Phi) is 7.24. The van der Waals surface area contributed by atoms with Gasteiger partial charge in [0, 0.05) is 32.4 Å². The lowest BCUT2D eigenvalue weighted by Crippen LogP contribution is -2.27. The molecule has 0 amide bonds. The summed E-state index contributed by atoms with van der Waals surface area (Å²) in [4.78, 5) is -0.00665. The van der Waals surface area contributed by atoms with Crippen LogP contribution in [0, 0.1) is 12.7 Å². The van der Waals surface area contributed by atoms with Gasteiger partial charge in [-0.3, -0.25) is 0 Å². The van der Waals surface area contributed by atoms with Crippen molar-refractivity contribution in [3.8, 4) is 0 Å². The Labute approximate surface area is 125 Å². The number of hydrogen-bond donors (Lipinski definition) is 2. The molecule has 120 valence electrons. The number of hydrogen-bond acceptors (Lipinski definition) is 4. The topological polar surface area (TPSA) is 67.4 Å². The van der Waals surface area contributed by atoms with Crippen molar-refractivity contribution in [1.29, 1.82) is 0 Å². The van der Waals surface area contributed by atoms with E-state index in [1.807, 2.05) is 6.92 Å². The zero-order valence-electron chi connectivity index (χ0n) is 12.7. The molecule has 0 heterocycles. The smallest absolute Gasteiger partial charge is 0.240 e. The predicted octanol–water partition coefficient (Wildman–Crippen LogP) is 1.56. The first-order chi connectivity index (χ1) is 9.92. The molecule has 1 rings (SSSR count). The third-order valence-electron chi connectivity index (χ3n) is 3.04. The van der Waals surface area contributed by atoms with E-state index in [9.17, 15) is 12.8 Å². The second-order valence-electron chi connectivity index (χ2n) is 4.73. The number of benzene rings is 1. The normalized spacial score (nSPS) is 11.8. The summed E-state index contributed by atoms with van der Waals surface area (Å²) >= 11 is 0. The van der Waals surface area contributed by atoms with Crippen molar-refractivity contribution in [3.05, 3.63) is 29.1 Å². The first kappa shape index (κ1) is 18.0. The molecule has 7 heteroatoms. The highest BCUT2D eigenvalue weighted by atomic mass is 32.2. The molecule has 0 fully saturated rings. The Morgan fingerprint density at radius 2 is 2.05 bits per heavy atom. The lowest BCUT2D eigenvalue weighted by molar-refractivity contribution is 0.196. The number of methoxy groups -OCH3 is 1. The van der Waals surface area contributed by atoms with Gasteiger partial charge in [0.2, 0.25) is 10.0 Å². The van der Waals surface area contributed by atoms with Crippen molar-refractivity contribution in [2.24, 2.45) is 0 Å². The summed E-state index contributed by atoms with van der Waals surface area (Å²) in [5, 5.41) is 3.05. The standard InChI is InChI=1S/C14H23FN2O3S/c1-4-16-10-12-8-13(15)11(2)14(9-12)21(18,19)17-6-5-7-20-3/h8-9,16-17H,4-7,10H2,1-3H3. The van der Waals surface area contributed by atoms with Gasteiger partial charge in [-0.05, 0) is 37.6 Å². The van der Waals surface area contributed by atoms with Crippen LogP contribution in [0.5, 0.6) is 0 Å². The molecule has 0 spiro atoms. The number of halogens is 1. The van der Waals surface area contributed by atoms with E-state index in [4.69, 9.17) is 4.74 Å². The maximum atomic E-state index is 13.9. The van der Waals surface area contributed by atoms with Gasteiger partial charge < -0.3 is 10.1 Å². The van der Waals surface area contributed by atoms with Gasteiger partial charge in [-0.15, -0.1) is 0 Å². The van der Waals surface area contributed by atoms with Gasteiger partial charge in [-0.25, -0.2) is 17.5 Å². The van der Waals surface area contributed by atoms with Gasteiger partial charge in [-0.1, -0.05) is 6.92 Å². The molecule has 0 saturated heterocycles. The maximum Gasteiger partial charge on any atom is 0.240 e. The minimum Gasteiger partial charge on any atom is -0.385 e. The van der Waals surface area contributed by atoms with E-state index in [0.29, 0.717) is 25.1 Å². The molecule has 0 radical (unpaired) electrons. The molecule has 0 aliphatic carbocycles. The highest BCUT2D eigenvalue weighted by molar-refractivity contribution is 7.89. The molecule has 0 aliphatic heterocycles. The first-order valence-electron chi connectivity index (χ1n) is 6.90. The molecule has 0 atom stereocenters. The molecule has 5 nitrogen and oxygen atoms in total. The van der Waals surface area contributed by atoms with Crippen molar-refractivity contribution in [2.75, 3.05) is 26.8 Å². The fourth-order valence-corrected chi connectivity index (χ4v) is 3.23. The van der Waals surface area contributed by atoms with Crippen LogP contribution in [0.15, 0.2) is 17.0 Å². The quantitative estimate of drug-likeness (QED) is 0.678. The summed E-state index contributed by atoms with van der Waals surface area (Å²) in [6, 6.07) is 2.88. The Balaban J connectivity index is 2.95. The van der Waals surface area contributed by atoms with Gasteiger partial charge in [-0.2, -0.15) is 0 Å². The fourth-order valence-electron chi connectivity index (χ4n) is 1.86. The highest BCUT2D eigenvalue weighted by Gasteiger charge is 2.19. The minimum absolute atomic E-state index is 0.00665. The van der Waals surface area contributed by atoms with E-state index in [1.165, 1.54) is 19.1 Å². The molecular formula is C14H23FN2O3S. The summed E-state index contributed by atoms with van der Waals surface area (Å²) in [5.74, 6) is -0.511. The molecule has 0 bridgehead atoms. The first-order valence-corrected chi connectivity index (χ1v) is 8.39. The molecule has 0 aliphatic rings. The molecule has 1 aromatic rings. The van der Waals surface area contributed by atoms with Crippen LogP contribution in [0.2, 0.25) is 0 Å². The maximum absolute atomic E-state index is 13.9. The van der Waals surface area contributed by atoms with Crippen LogP contribution < -0.4 is 10.0 Å². The van der Waals surface area contributed by atoms with Crippen LogP contribution in [-0.2, 0) is 21.3 Å². The number of ether oxygens (including phenoxy) is 1. The van der Waals surface area contributed by atoms with Gasteiger partial charge in [0.1, 0.15) is 5.82 Å². The summed E-state index contributed by atoms with van der Waals surface area (Å²) in [7, 11) is -2.16. The third-order valence-corrected chi connectivity index (χ3v) is 4.63. The van der Waals surface area contributed by atoms with Crippen LogP contribution >= 0.6 is 0 Å². The number of sulfonamides is 1. The van der Waals surface area contributed by atoms with Crippen molar-refractivity contribution >= 4 is 10.0 Å². The van der Waals surface area contributed by atoms with E-state index >= 15 is 0 Å². The average molecular weight is 318 g/mol. The zero-order chi connectivity index (χ0) is 15.9. The monoisotopic (exact) mass is 318 g/mol. The minimum atomic E-state index is -3.71. The Hall–Kier alpha value is -1.02. The molecule has 0 aromatic heterocycles. The van der Waals surface area contributed by atoms with Crippen LogP contribution in [0.25, 0.3) is 0 Å². The highest BCUT2D eigenvalue weighted by Crippen LogP contribution is 2.20. The molecule has 1 aromatic carbocycles. The molecule has 0 saturated carbocycles. The van der Waals surface area contributed by atoms with Gasteiger partial charge in [0.15, 0.2) is 0 Å². The van der Waals surface area contributed by atoms with Gasteiger partial charge in [0.05, 0.1) is 4.90 Å². The van der Waals surface area contributed by atoms with Crippen molar-refractivity contribution in [1.82, 2.24) is 10.0 Å². The second kappa shape index (κ2) is 8.43. The summed E-state index contributed by atoms with van der Waals surface area (Å²) in [5.41, 5.74) is 0.742. The van der Waals surface area contributed by atoms with Gasteiger partial charge >= 0.3 is 0 Å². The van der Waals surface area contributed by atoms with Crippen molar-refractivity contribution in [2.45, 2.75) is 31.7 Å². The fraction of sp³-hybridized carbons (Fsp3) is 0.571. The SMILES string of the molecule is CCNCc1cc(F)c(C)c(S(=O)(=O)NCCCOC)c1. The molecule has 2 N–H and O–H groups in total. The average Bonchev–Trinajstić information content (AvgIpc) is 2.44. The van der Waals surface area contributed by atoms with E-state index in [1.54, 1.807) is 7.11 Å². The number of rotatable bonds is 9. The molecule has 21 heavy (non-hydrogen) atoms. The molecular weight excluding hydrogens is 295 g/mol. The van der Waals surface area contributed by atoms with Crippen LogP contribution in [0.3, 0.4) is 0 Å². The van der Waals surface area contributed by atoms with E-state index in [-0.39, 0.29) is 17.0 Å². The zero-order valence-corrected chi connectivity index (χ0v) is 13.5. The van der Waals surface area contributed by atoms with E-state index < -0.39 is 15.8 Å². The van der Waals surface area contributed by atoms with E-state index in [0.717, 1.165) is 6.54 Å². The van der Waals surface area contributed by atoms with Crippen molar-refractivity contribution in [3.63, 3.8) is 0 Å². The second-order valence-corrected chi connectivity index (χ2v) is 6.46. The van der Waals surface area contributed by atoms with Gasteiger partial charge in [0.25, 0.3) is 0 Å². The van der Waals surface area contributed by atoms with E-state index in [2.05, 4.69) is 10.0 Å². The van der Waals surface area contributed by atoms with Crippen LogP contribution in [0.1, 0.15) is 24.5 Å². The Morgan fingerprint density at radius 1 is 1.33 bits per heavy atom. The summed E-state index contributed by atoms with van der Waals surface area (Å²) in [6.45, 7) is 5.29. The lowest BCUT2D eigenvalue weighted by Gasteiger charge is -2.12. The summed E-state index contributed by atoms with van der Waals surface area (Å²) in [6.07, 6.45) is 0.564. The van der Waals surface area contributed by atoms with Crippen molar-refractivity contribution < 1.29 is 17.5 Å². The Morgan fingerprint density at radius 3 is 2.67 bits per heavy atom. The Bertz CT molecular complexity index is 562. The molecule has 0 unspecified atom stereocenters. The van der Waals surface area contributed by atoms with Crippen LogP contribution in [0.4, 0.5) is 4.39 Å². The third kappa shape index (κ3) is 5.35. The summed E-state index contributed by atoms with van der Waals surface area (Å²) < 4.78 is 45.7. The predicted molar refractivity (Wildman–Crippen MR) is 80.2 cm³/mol. The number of nitrogens with one attached hydrogen (secondary N) is 2.